The first-order valence-corrected chi connectivity index (χ1v) is 10.5. The van der Waals surface area contributed by atoms with Gasteiger partial charge in [-0.15, -0.1) is 11.8 Å². The van der Waals surface area contributed by atoms with Crippen LogP contribution < -0.4 is 10.6 Å². The number of nitrogens with one attached hydrogen (secondary N) is 2. The number of carbonyl (C=O) groups excluding carboxylic acids is 3. The molecule has 7 nitrogen and oxygen atoms in total. The second-order valence-electron chi connectivity index (χ2n) is 6.54. The highest BCUT2D eigenvalue weighted by Gasteiger charge is 2.22. The van der Waals surface area contributed by atoms with Crippen LogP contribution in [0.25, 0.3) is 0 Å². The topological polar surface area (TPSA) is 93.7 Å². The van der Waals surface area contributed by atoms with Crippen molar-refractivity contribution < 1.29 is 23.9 Å². The first-order valence-electron chi connectivity index (χ1n) is 9.54. The highest BCUT2D eigenvalue weighted by molar-refractivity contribution is 8.00. The Hall–Kier alpha value is -2.06. The normalized spacial score (nSPS) is 13.9. The lowest BCUT2D eigenvalue weighted by molar-refractivity contribution is -0.125. The Labute approximate surface area is 169 Å². The van der Waals surface area contributed by atoms with Crippen LogP contribution in [0.3, 0.4) is 0 Å². The number of benzene rings is 1. The summed E-state index contributed by atoms with van der Waals surface area (Å²) >= 11 is 1.28. The Morgan fingerprint density at radius 3 is 2.54 bits per heavy atom. The second kappa shape index (κ2) is 12.4. The van der Waals surface area contributed by atoms with Gasteiger partial charge >= 0.3 is 5.97 Å². The first kappa shape index (κ1) is 22.2. The molecule has 8 heteroatoms. The Morgan fingerprint density at radius 2 is 1.79 bits per heavy atom. The van der Waals surface area contributed by atoms with Crippen LogP contribution >= 0.6 is 11.8 Å². The number of hydrogen-bond donors (Lipinski definition) is 2. The fraction of sp³-hybridized carbons (Fsp3) is 0.550. The summed E-state index contributed by atoms with van der Waals surface area (Å²) in [7, 11) is 1.57. The molecule has 2 amide bonds. The average Bonchev–Trinajstić information content (AvgIpc) is 3.25. The van der Waals surface area contributed by atoms with Gasteiger partial charge in [-0.3, -0.25) is 9.59 Å². The van der Waals surface area contributed by atoms with Crippen LogP contribution in [-0.4, -0.2) is 56.9 Å². The maximum Gasteiger partial charge on any atom is 0.339 e. The molecule has 154 valence electrons. The van der Waals surface area contributed by atoms with Crippen molar-refractivity contribution in [2.24, 2.45) is 5.92 Å². The molecule has 2 N–H and O–H groups in total. The van der Waals surface area contributed by atoms with Gasteiger partial charge in [-0.25, -0.2) is 4.79 Å². The number of esters is 1. The van der Waals surface area contributed by atoms with Gasteiger partial charge in [0.2, 0.25) is 11.8 Å². The van der Waals surface area contributed by atoms with E-state index in [1.165, 1.54) is 11.8 Å². The quantitative estimate of drug-likeness (QED) is 0.330. The third-order valence-corrected chi connectivity index (χ3v) is 5.53. The van der Waals surface area contributed by atoms with Crippen molar-refractivity contribution in [3.63, 3.8) is 0 Å². The van der Waals surface area contributed by atoms with E-state index in [1.807, 2.05) is 6.07 Å². The van der Waals surface area contributed by atoms with E-state index in [4.69, 9.17) is 9.47 Å². The highest BCUT2D eigenvalue weighted by Crippen LogP contribution is 2.25. The standard InChI is InChI=1S/C20H28N2O5S/c1-26-12-10-21-18(23)14-28-17-9-5-4-8-16(17)20(25)27-13-11-22-19(24)15-6-2-3-7-15/h4-5,8-9,15H,2-3,6-7,10-14H2,1H3,(H,21,23)(H,22,24). The Bertz CT molecular complexity index is 662. The molecule has 0 saturated heterocycles. The largest absolute Gasteiger partial charge is 0.460 e. The number of amides is 2. The van der Waals surface area contributed by atoms with Crippen molar-refractivity contribution in [3.8, 4) is 0 Å². The van der Waals surface area contributed by atoms with Crippen LogP contribution in [-0.2, 0) is 19.1 Å². The molecule has 0 aromatic heterocycles. The predicted octanol–water partition coefficient (Wildman–Crippen LogP) is 2.00. The zero-order valence-corrected chi connectivity index (χ0v) is 17.0. The maximum atomic E-state index is 12.4. The van der Waals surface area contributed by atoms with Crippen LogP contribution in [0.1, 0.15) is 36.0 Å². The molecule has 1 aromatic rings. The summed E-state index contributed by atoms with van der Waals surface area (Å²) in [5.74, 6) is -0.240. The molecule has 0 aliphatic heterocycles. The Kier molecular flexibility index (Phi) is 9.85. The molecule has 28 heavy (non-hydrogen) atoms. The molecule has 1 fully saturated rings. The van der Waals surface area contributed by atoms with Crippen molar-refractivity contribution in [1.29, 1.82) is 0 Å². The van der Waals surface area contributed by atoms with Gasteiger partial charge in [0.1, 0.15) is 6.61 Å². The van der Waals surface area contributed by atoms with Crippen LogP contribution in [0.4, 0.5) is 0 Å². The van der Waals surface area contributed by atoms with Gasteiger partial charge in [0.25, 0.3) is 0 Å². The third kappa shape index (κ3) is 7.52. The van der Waals surface area contributed by atoms with Gasteiger partial charge in [-0.2, -0.15) is 0 Å². The van der Waals surface area contributed by atoms with E-state index in [-0.39, 0.29) is 30.1 Å². The van der Waals surface area contributed by atoms with Gasteiger partial charge in [0.05, 0.1) is 24.5 Å². The summed E-state index contributed by atoms with van der Waals surface area (Å²) in [5.41, 5.74) is 0.416. The summed E-state index contributed by atoms with van der Waals surface area (Å²) < 4.78 is 10.2. The fourth-order valence-electron chi connectivity index (χ4n) is 2.98. The summed E-state index contributed by atoms with van der Waals surface area (Å²) in [5, 5.41) is 5.56. The maximum absolute atomic E-state index is 12.4. The van der Waals surface area contributed by atoms with E-state index in [2.05, 4.69) is 10.6 Å². The van der Waals surface area contributed by atoms with Crippen molar-refractivity contribution in [3.05, 3.63) is 29.8 Å². The molecule has 0 radical (unpaired) electrons. The van der Waals surface area contributed by atoms with Crippen LogP contribution in [0.15, 0.2) is 29.2 Å². The zero-order chi connectivity index (χ0) is 20.2. The van der Waals surface area contributed by atoms with Gasteiger partial charge in [0, 0.05) is 24.5 Å². The number of thioether (sulfide) groups is 1. The van der Waals surface area contributed by atoms with Crippen molar-refractivity contribution in [1.82, 2.24) is 10.6 Å². The smallest absolute Gasteiger partial charge is 0.339 e. The van der Waals surface area contributed by atoms with E-state index >= 15 is 0 Å². The van der Waals surface area contributed by atoms with E-state index in [0.29, 0.717) is 30.2 Å². The minimum atomic E-state index is -0.460. The van der Waals surface area contributed by atoms with Gasteiger partial charge < -0.3 is 20.1 Å². The van der Waals surface area contributed by atoms with Crippen molar-refractivity contribution in [2.45, 2.75) is 30.6 Å². The third-order valence-electron chi connectivity index (χ3n) is 4.45. The number of carbonyl (C=O) groups is 3. The lowest BCUT2D eigenvalue weighted by Gasteiger charge is -2.12. The lowest BCUT2D eigenvalue weighted by atomic mass is 10.1. The fourth-order valence-corrected chi connectivity index (χ4v) is 3.85. The van der Waals surface area contributed by atoms with Crippen LogP contribution in [0, 0.1) is 5.92 Å². The summed E-state index contributed by atoms with van der Waals surface area (Å²) in [4.78, 5) is 36.8. The highest BCUT2D eigenvalue weighted by atomic mass is 32.2. The summed E-state index contributed by atoms with van der Waals surface area (Å²) in [6.45, 7) is 1.33. The molecule has 0 bridgehead atoms. The SMILES string of the molecule is COCCNC(=O)CSc1ccccc1C(=O)OCCNC(=O)C1CCCC1. The molecule has 1 aliphatic rings. The molecular weight excluding hydrogens is 380 g/mol. The number of hydrogen-bond acceptors (Lipinski definition) is 6. The molecule has 1 saturated carbocycles. The minimum Gasteiger partial charge on any atom is -0.460 e. The van der Waals surface area contributed by atoms with E-state index < -0.39 is 5.97 Å². The molecular formula is C20H28N2O5S. The van der Waals surface area contributed by atoms with E-state index in [1.54, 1.807) is 25.3 Å². The van der Waals surface area contributed by atoms with Crippen LogP contribution in [0.5, 0.6) is 0 Å². The number of ether oxygens (including phenoxy) is 2. The molecule has 0 heterocycles. The summed E-state index contributed by atoms with van der Waals surface area (Å²) in [6, 6.07) is 7.01. The molecule has 2 rings (SSSR count). The lowest BCUT2D eigenvalue weighted by Crippen LogP contribution is -2.32. The minimum absolute atomic E-state index is 0.0454. The van der Waals surface area contributed by atoms with Gasteiger partial charge in [-0.1, -0.05) is 25.0 Å². The molecule has 1 aromatic carbocycles. The second-order valence-corrected chi connectivity index (χ2v) is 7.55. The van der Waals surface area contributed by atoms with Gasteiger partial charge in [0.15, 0.2) is 0 Å². The monoisotopic (exact) mass is 408 g/mol. The van der Waals surface area contributed by atoms with Crippen molar-refractivity contribution in [2.75, 3.05) is 39.2 Å². The van der Waals surface area contributed by atoms with E-state index in [0.717, 1.165) is 25.7 Å². The number of methoxy groups -OCH3 is 1. The average molecular weight is 409 g/mol. The first-order chi connectivity index (χ1) is 13.6. The zero-order valence-electron chi connectivity index (χ0n) is 16.2. The van der Waals surface area contributed by atoms with Crippen molar-refractivity contribution >= 4 is 29.5 Å². The summed E-state index contributed by atoms with van der Waals surface area (Å²) in [6.07, 6.45) is 4.09. The predicted molar refractivity (Wildman–Crippen MR) is 107 cm³/mol. The Morgan fingerprint density at radius 1 is 1.07 bits per heavy atom. The Balaban J connectivity index is 1.74. The van der Waals surface area contributed by atoms with Gasteiger partial charge in [-0.05, 0) is 25.0 Å². The van der Waals surface area contributed by atoms with Crippen LogP contribution in [0.2, 0.25) is 0 Å². The molecule has 0 spiro atoms. The van der Waals surface area contributed by atoms with E-state index in [9.17, 15) is 14.4 Å². The number of rotatable bonds is 11. The molecule has 0 unspecified atom stereocenters. The molecule has 1 aliphatic carbocycles. The molecule has 0 atom stereocenters.